The zero-order chi connectivity index (χ0) is 20.1. The number of carbonyl (C=O) groups excluding carboxylic acids is 1. The van der Waals surface area contributed by atoms with Crippen LogP contribution in [0.4, 0.5) is 10.1 Å². The third kappa shape index (κ3) is 4.65. The number of amidine groups is 1. The number of nitrogens with zero attached hydrogens (tertiary/aromatic N) is 3. The van der Waals surface area contributed by atoms with Crippen LogP contribution in [-0.2, 0) is 4.79 Å². The third-order valence-electron chi connectivity index (χ3n) is 4.50. The second-order valence-corrected chi connectivity index (χ2v) is 7.31. The first-order chi connectivity index (χ1) is 13.5. The van der Waals surface area contributed by atoms with E-state index in [0.717, 1.165) is 25.9 Å². The molecule has 0 spiro atoms. The van der Waals surface area contributed by atoms with E-state index >= 15 is 0 Å². The average Bonchev–Trinajstić information content (AvgIpc) is 3.19. The Morgan fingerprint density at radius 1 is 1.43 bits per heavy atom. The molecular weight excluding hydrogens is 435 g/mol. The lowest BCUT2D eigenvalue weighted by Gasteiger charge is -2.23. The van der Waals surface area contributed by atoms with Gasteiger partial charge in [0.25, 0.3) is 0 Å². The Morgan fingerprint density at radius 3 is 2.86 bits per heavy atom. The Bertz CT molecular complexity index is 868. The number of piperidine rings is 1. The summed E-state index contributed by atoms with van der Waals surface area (Å²) in [5, 5.41) is 29.2. The van der Waals surface area contributed by atoms with Crippen LogP contribution >= 0.6 is 15.9 Å². The predicted octanol–water partition coefficient (Wildman–Crippen LogP) is 2.40. The van der Waals surface area contributed by atoms with Crippen molar-refractivity contribution >= 4 is 33.4 Å². The molecule has 2 aromatic rings. The van der Waals surface area contributed by atoms with Crippen LogP contribution in [0.25, 0.3) is 0 Å². The molecule has 1 unspecified atom stereocenters. The molecule has 1 aliphatic heterocycles. The SMILES string of the molecule is CC(NC(=O)C1CCNCC1)c1nonc1/C(=N\O)Nc1ccc(F)c(Br)c1. The van der Waals surface area contributed by atoms with Gasteiger partial charge in [0, 0.05) is 11.6 Å². The highest BCUT2D eigenvalue weighted by Crippen LogP contribution is 2.22. The van der Waals surface area contributed by atoms with Crippen molar-refractivity contribution in [2.75, 3.05) is 18.4 Å². The van der Waals surface area contributed by atoms with Crippen molar-refractivity contribution in [2.24, 2.45) is 11.1 Å². The van der Waals surface area contributed by atoms with Gasteiger partial charge in [0.05, 0.1) is 10.5 Å². The van der Waals surface area contributed by atoms with Crippen molar-refractivity contribution in [1.82, 2.24) is 20.9 Å². The molecule has 1 aliphatic rings. The van der Waals surface area contributed by atoms with Gasteiger partial charge in [0.15, 0.2) is 5.69 Å². The van der Waals surface area contributed by atoms with E-state index in [-0.39, 0.29) is 27.8 Å². The van der Waals surface area contributed by atoms with E-state index in [1.165, 1.54) is 18.2 Å². The molecule has 150 valence electrons. The summed E-state index contributed by atoms with van der Waals surface area (Å²) in [5.74, 6) is -0.600. The highest BCUT2D eigenvalue weighted by molar-refractivity contribution is 9.10. The molecule has 0 saturated carbocycles. The molecular formula is C17H20BrFN6O3. The number of oxime groups is 1. The standard InChI is InChI=1S/C17H20BrFN6O3/c1-9(21-17(26)10-4-6-20-7-5-10)14-15(25-28-24-14)16(23-27)22-11-2-3-13(19)12(18)8-11/h2-3,8-10,20,27H,4-7H2,1H3,(H,21,26)(H,22,23). The smallest absolute Gasteiger partial charge is 0.223 e. The molecule has 4 N–H and O–H groups in total. The van der Waals surface area contributed by atoms with Gasteiger partial charge in [-0.1, -0.05) is 10.3 Å². The fourth-order valence-corrected chi connectivity index (χ4v) is 3.35. The van der Waals surface area contributed by atoms with Crippen molar-refractivity contribution in [3.8, 4) is 0 Å². The van der Waals surface area contributed by atoms with Crippen LogP contribution < -0.4 is 16.0 Å². The first-order valence-electron chi connectivity index (χ1n) is 8.77. The van der Waals surface area contributed by atoms with Crippen LogP contribution in [0.2, 0.25) is 0 Å². The minimum Gasteiger partial charge on any atom is -0.409 e. The van der Waals surface area contributed by atoms with Gasteiger partial charge in [-0.25, -0.2) is 9.02 Å². The Labute approximate surface area is 168 Å². The van der Waals surface area contributed by atoms with Crippen LogP contribution in [0.5, 0.6) is 0 Å². The van der Waals surface area contributed by atoms with Gasteiger partial charge in [-0.2, -0.15) is 0 Å². The summed E-state index contributed by atoms with van der Waals surface area (Å²) in [6.45, 7) is 3.36. The number of hydrogen-bond acceptors (Lipinski definition) is 7. The number of carbonyl (C=O) groups is 1. The molecule has 11 heteroatoms. The summed E-state index contributed by atoms with van der Waals surface area (Å²) in [6.07, 6.45) is 1.54. The monoisotopic (exact) mass is 454 g/mol. The number of aromatic nitrogens is 2. The average molecular weight is 455 g/mol. The summed E-state index contributed by atoms with van der Waals surface area (Å²) in [7, 11) is 0. The van der Waals surface area contributed by atoms with Crippen molar-refractivity contribution in [3.05, 3.63) is 39.9 Å². The lowest BCUT2D eigenvalue weighted by molar-refractivity contribution is -0.126. The molecule has 1 aromatic heterocycles. The normalized spacial score (nSPS) is 16.6. The Hall–Kier alpha value is -2.53. The zero-order valence-corrected chi connectivity index (χ0v) is 16.7. The van der Waals surface area contributed by atoms with Crippen LogP contribution in [0.3, 0.4) is 0 Å². The van der Waals surface area contributed by atoms with E-state index in [0.29, 0.717) is 11.4 Å². The Balaban J connectivity index is 1.73. The number of benzene rings is 1. The summed E-state index contributed by atoms with van der Waals surface area (Å²) in [4.78, 5) is 12.5. The number of anilines is 1. The second kappa shape index (κ2) is 9.11. The predicted molar refractivity (Wildman–Crippen MR) is 102 cm³/mol. The van der Waals surface area contributed by atoms with Gasteiger partial charge >= 0.3 is 0 Å². The largest absolute Gasteiger partial charge is 0.409 e. The topological polar surface area (TPSA) is 125 Å². The van der Waals surface area contributed by atoms with E-state index in [2.05, 4.69) is 47.3 Å². The zero-order valence-electron chi connectivity index (χ0n) is 15.1. The fourth-order valence-electron chi connectivity index (χ4n) is 2.97. The van der Waals surface area contributed by atoms with Crippen LogP contribution in [0, 0.1) is 11.7 Å². The van der Waals surface area contributed by atoms with E-state index in [1.807, 2.05) is 0 Å². The molecule has 0 radical (unpaired) electrons. The Kier molecular flexibility index (Phi) is 6.57. The minimum absolute atomic E-state index is 0.0438. The van der Waals surface area contributed by atoms with Gasteiger partial charge in [-0.15, -0.1) is 0 Å². The first kappa shape index (κ1) is 20.2. The number of hydrogen-bond donors (Lipinski definition) is 4. The maximum Gasteiger partial charge on any atom is 0.223 e. The summed E-state index contributed by atoms with van der Waals surface area (Å²) in [6, 6.07) is 3.70. The van der Waals surface area contributed by atoms with E-state index in [1.54, 1.807) is 6.92 Å². The summed E-state index contributed by atoms with van der Waals surface area (Å²) in [5.41, 5.74) is 0.909. The number of amides is 1. The summed E-state index contributed by atoms with van der Waals surface area (Å²) < 4.78 is 18.4. The first-order valence-corrected chi connectivity index (χ1v) is 9.57. The molecule has 1 aromatic carbocycles. The van der Waals surface area contributed by atoms with E-state index in [4.69, 9.17) is 4.63 Å². The van der Waals surface area contributed by atoms with Gasteiger partial charge < -0.3 is 21.2 Å². The molecule has 1 fully saturated rings. The van der Waals surface area contributed by atoms with Crippen molar-refractivity contribution in [1.29, 1.82) is 0 Å². The molecule has 2 heterocycles. The van der Waals surface area contributed by atoms with Gasteiger partial charge in [-0.3, -0.25) is 4.79 Å². The molecule has 9 nitrogen and oxygen atoms in total. The van der Waals surface area contributed by atoms with Crippen molar-refractivity contribution in [3.63, 3.8) is 0 Å². The quantitative estimate of drug-likeness (QED) is 0.236. The molecule has 1 saturated heterocycles. The molecule has 3 rings (SSSR count). The van der Waals surface area contributed by atoms with Crippen LogP contribution in [0.15, 0.2) is 32.5 Å². The molecule has 0 aliphatic carbocycles. The lowest BCUT2D eigenvalue weighted by Crippen LogP contribution is -2.39. The third-order valence-corrected chi connectivity index (χ3v) is 5.11. The molecule has 28 heavy (non-hydrogen) atoms. The van der Waals surface area contributed by atoms with Crippen LogP contribution in [0.1, 0.15) is 37.2 Å². The number of nitrogens with one attached hydrogen (secondary N) is 3. The lowest BCUT2D eigenvalue weighted by atomic mass is 9.97. The summed E-state index contributed by atoms with van der Waals surface area (Å²) >= 11 is 3.09. The number of rotatable bonds is 5. The highest BCUT2D eigenvalue weighted by atomic mass is 79.9. The molecule has 1 atom stereocenters. The van der Waals surface area contributed by atoms with Crippen molar-refractivity contribution in [2.45, 2.75) is 25.8 Å². The minimum atomic E-state index is -0.512. The van der Waals surface area contributed by atoms with Gasteiger partial charge in [-0.05, 0) is 72.1 Å². The van der Waals surface area contributed by atoms with E-state index in [9.17, 15) is 14.4 Å². The maximum atomic E-state index is 13.4. The fraction of sp³-hybridized carbons (Fsp3) is 0.412. The molecule has 1 amide bonds. The highest BCUT2D eigenvalue weighted by Gasteiger charge is 2.27. The number of halogens is 2. The Morgan fingerprint density at radius 2 is 2.18 bits per heavy atom. The maximum absolute atomic E-state index is 13.4. The van der Waals surface area contributed by atoms with Crippen molar-refractivity contribution < 1.29 is 19.0 Å². The van der Waals surface area contributed by atoms with Gasteiger partial charge in [0.1, 0.15) is 11.5 Å². The van der Waals surface area contributed by atoms with Crippen LogP contribution in [-0.4, -0.2) is 40.4 Å². The van der Waals surface area contributed by atoms with Gasteiger partial charge in [0.2, 0.25) is 11.7 Å². The second-order valence-electron chi connectivity index (χ2n) is 6.46. The molecule has 0 bridgehead atoms. The van der Waals surface area contributed by atoms with E-state index < -0.39 is 11.9 Å².